The van der Waals surface area contributed by atoms with E-state index in [1.165, 1.54) is 0 Å². The summed E-state index contributed by atoms with van der Waals surface area (Å²) in [6.45, 7) is 5.92. The number of nitrogens with zero attached hydrogens (tertiary/aromatic N) is 1. The van der Waals surface area contributed by atoms with Crippen LogP contribution in [0.2, 0.25) is 0 Å². The normalized spacial score (nSPS) is 10.9. The first kappa shape index (κ1) is 13.9. The van der Waals surface area contributed by atoms with E-state index in [0.29, 0.717) is 17.6 Å². The van der Waals surface area contributed by atoms with Gasteiger partial charge in [0.25, 0.3) is 0 Å². The Balaban J connectivity index is 2.40. The van der Waals surface area contributed by atoms with E-state index in [9.17, 15) is 0 Å². The molecule has 1 aromatic carbocycles. The molecule has 0 heterocycles. The summed E-state index contributed by atoms with van der Waals surface area (Å²) in [6, 6.07) is 8.08. The van der Waals surface area contributed by atoms with Crippen molar-refractivity contribution in [2.45, 2.75) is 19.9 Å². The van der Waals surface area contributed by atoms with E-state index in [1.807, 2.05) is 24.3 Å². The summed E-state index contributed by atoms with van der Waals surface area (Å²) in [6.07, 6.45) is 0. The van der Waals surface area contributed by atoms with Gasteiger partial charge in [0.15, 0.2) is 0 Å². The van der Waals surface area contributed by atoms with Crippen molar-refractivity contribution in [1.29, 1.82) is 0 Å². The molecule has 0 atom stereocenters. The molecule has 0 radical (unpaired) electrons. The molecule has 4 heteroatoms. The molecular formula is C13H20N2OS. The molecule has 0 saturated heterocycles. The molecular weight excluding hydrogens is 232 g/mol. The maximum absolute atomic E-state index is 5.64. The van der Waals surface area contributed by atoms with Crippen molar-refractivity contribution in [1.82, 2.24) is 4.90 Å². The molecule has 0 amide bonds. The van der Waals surface area contributed by atoms with Crippen molar-refractivity contribution in [2.75, 3.05) is 20.2 Å². The Hall–Kier alpha value is -1.13. The van der Waals surface area contributed by atoms with E-state index < -0.39 is 0 Å². The first-order valence-electron chi connectivity index (χ1n) is 5.73. The lowest BCUT2D eigenvalue weighted by molar-refractivity contribution is 0.208. The van der Waals surface area contributed by atoms with Gasteiger partial charge >= 0.3 is 0 Å². The average molecular weight is 252 g/mol. The molecule has 0 aliphatic carbocycles. The molecule has 2 N–H and O–H groups in total. The van der Waals surface area contributed by atoms with Gasteiger partial charge in [-0.1, -0.05) is 12.2 Å². The molecule has 1 rings (SSSR count). The summed E-state index contributed by atoms with van der Waals surface area (Å²) in [5.41, 5.74) is 6.39. The van der Waals surface area contributed by atoms with Crippen LogP contribution in [0, 0.1) is 0 Å². The standard InChI is InChI=1S/C13H20N2OS/c1-10(2)15(3)8-9-16-12-6-4-11(5-7-12)13(14)17/h4-7,10H,8-9H2,1-3H3,(H2,14,17). The molecule has 0 spiro atoms. The number of thiocarbonyl (C=S) groups is 1. The summed E-state index contributed by atoms with van der Waals surface area (Å²) in [4.78, 5) is 2.65. The van der Waals surface area contributed by atoms with Crippen molar-refractivity contribution in [3.05, 3.63) is 29.8 Å². The molecule has 0 aliphatic heterocycles. The average Bonchev–Trinajstić information content (AvgIpc) is 2.29. The number of benzene rings is 1. The molecule has 0 bridgehead atoms. The zero-order valence-electron chi connectivity index (χ0n) is 10.6. The van der Waals surface area contributed by atoms with Crippen molar-refractivity contribution >= 4 is 17.2 Å². The van der Waals surface area contributed by atoms with Gasteiger partial charge in [-0.25, -0.2) is 0 Å². The molecule has 0 fully saturated rings. The largest absolute Gasteiger partial charge is 0.492 e. The monoisotopic (exact) mass is 252 g/mol. The van der Waals surface area contributed by atoms with Gasteiger partial charge in [-0.2, -0.15) is 0 Å². The van der Waals surface area contributed by atoms with Gasteiger partial charge in [0.2, 0.25) is 0 Å². The number of hydrogen-bond donors (Lipinski definition) is 1. The molecule has 1 aromatic rings. The third kappa shape index (κ3) is 4.71. The lowest BCUT2D eigenvalue weighted by Gasteiger charge is -2.20. The van der Waals surface area contributed by atoms with Crippen LogP contribution in [0.5, 0.6) is 5.75 Å². The van der Waals surface area contributed by atoms with Crippen LogP contribution < -0.4 is 10.5 Å². The summed E-state index contributed by atoms with van der Waals surface area (Å²) in [7, 11) is 2.09. The van der Waals surface area contributed by atoms with E-state index in [2.05, 4.69) is 25.8 Å². The lowest BCUT2D eigenvalue weighted by Crippen LogP contribution is -2.30. The third-order valence-corrected chi connectivity index (χ3v) is 2.97. The fraction of sp³-hybridized carbons (Fsp3) is 0.462. The molecule has 0 aromatic heterocycles. The Morgan fingerprint density at radius 1 is 1.35 bits per heavy atom. The van der Waals surface area contributed by atoms with E-state index in [1.54, 1.807) is 0 Å². The van der Waals surface area contributed by atoms with Crippen LogP contribution in [0.15, 0.2) is 24.3 Å². The van der Waals surface area contributed by atoms with Crippen LogP contribution in [0.25, 0.3) is 0 Å². The number of hydrogen-bond acceptors (Lipinski definition) is 3. The fourth-order valence-electron chi connectivity index (χ4n) is 1.28. The van der Waals surface area contributed by atoms with Crippen LogP contribution in [0.4, 0.5) is 0 Å². The van der Waals surface area contributed by atoms with Gasteiger partial charge in [0.05, 0.1) is 0 Å². The van der Waals surface area contributed by atoms with Crippen molar-refractivity contribution in [3.63, 3.8) is 0 Å². The molecule has 17 heavy (non-hydrogen) atoms. The summed E-state index contributed by atoms with van der Waals surface area (Å²) in [5.74, 6) is 0.849. The van der Waals surface area contributed by atoms with Crippen LogP contribution >= 0.6 is 12.2 Å². The minimum absolute atomic E-state index is 0.413. The fourth-order valence-corrected chi connectivity index (χ4v) is 1.42. The second-order valence-corrected chi connectivity index (χ2v) is 4.75. The van der Waals surface area contributed by atoms with Crippen LogP contribution in [-0.2, 0) is 0 Å². The molecule has 94 valence electrons. The quantitative estimate of drug-likeness (QED) is 0.786. The summed E-state index contributed by atoms with van der Waals surface area (Å²) in [5, 5.41) is 0. The Labute approximate surface area is 109 Å². The highest BCUT2D eigenvalue weighted by atomic mass is 32.1. The Bertz CT molecular complexity index is 362. The van der Waals surface area contributed by atoms with Gasteiger partial charge in [-0.15, -0.1) is 0 Å². The zero-order chi connectivity index (χ0) is 12.8. The molecule has 3 nitrogen and oxygen atoms in total. The highest BCUT2D eigenvalue weighted by Gasteiger charge is 2.03. The maximum atomic E-state index is 5.64. The van der Waals surface area contributed by atoms with Gasteiger partial charge in [-0.3, -0.25) is 0 Å². The lowest BCUT2D eigenvalue weighted by atomic mass is 10.2. The molecule has 0 unspecified atom stereocenters. The minimum atomic E-state index is 0.413. The number of rotatable bonds is 6. The van der Waals surface area contributed by atoms with Crippen LogP contribution in [0.3, 0.4) is 0 Å². The van der Waals surface area contributed by atoms with E-state index in [4.69, 9.17) is 22.7 Å². The topological polar surface area (TPSA) is 38.5 Å². The second kappa shape index (κ2) is 6.57. The highest BCUT2D eigenvalue weighted by molar-refractivity contribution is 7.80. The van der Waals surface area contributed by atoms with Gasteiger partial charge in [0.1, 0.15) is 17.3 Å². The van der Waals surface area contributed by atoms with E-state index >= 15 is 0 Å². The number of likely N-dealkylation sites (N-methyl/N-ethyl adjacent to an activating group) is 1. The first-order chi connectivity index (χ1) is 8.00. The predicted molar refractivity (Wildman–Crippen MR) is 75.6 cm³/mol. The predicted octanol–water partition coefficient (Wildman–Crippen LogP) is 2.04. The first-order valence-corrected chi connectivity index (χ1v) is 6.14. The van der Waals surface area contributed by atoms with Gasteiger partial charge < -0.3 is 15.4 Å². The van der Waals surface area contributed by atoms with Crippen molar-refractivity contribution < 1.29 is 4.74 Å². The van der Waals surface area contributed by atoms with Crippen LogP contribution in [0.1, 0.15) is 19.4 Å². The summed E-state index contributed by atoms with van der Waals surface area (Å²) < 4.78 is 5.64. The number of nitrogens with two attached hydrogens (primary N) is 1. The SMILES string of the molecule is CC(C)N(C)CCOc1ccc(C(N)=S)cc1. The Morgan fingerprint density at radius 3 is 2.41 bits per heavy atom. The smallest absolute Gasteiger partial charge is 0.119 e. The van der Waals surface area contributed by atoms with Gasteiger partial charge in [-0.05, 0) is 45.2 Å². The van der Waals surface area contributed by atoms with Crippen LogP contribution in [-0.4, -0.2) is 36.1 Å². The Kier molecular flexibility index (Phi) is 5.38. The van der Waals surface area contributed by atoms with Gasteiger partial charge in [0, 0.05) is 18.2 Å². The second-order valence-electron chi connectivity index (χ2n) is 4.31. The van der Waals surface area contributed by atoms with E-state index in [0.717, 1.165) is 17.9 Å². The number of ether oxygens (including phenoxy) is 1. The third-order valence-electron chi connectivity index (χ3n) is 2.73. The Morgan fingerprint density at radius 2 is 1.94 bits per heavy atom. The minimum Gasteiger partial charge on any atom is -0.492 e. The molecule has 0 aliphatic rings. The van der Waals surface area contributed by atoms with Crippen molar-refractivity contribution in [3.8, 4) is 5.75 Å². The molecule has 0 saturated carbocycles. The van der Waals surface area contributed by atoms with E-state index in [-0.39, 0.29) is 0 Å². The zero-order valence-corrected chi connectivity index (χ0v) is 11.5. The maximum Gasteiger partial charge on any atom is 0.119 e. The summed E-state index contributed by atoms with van der Waals surface area (Å²) >= 11 is 4.89. The highest BCUT2D eigenvalue weighted by Crippen LogP contribution is 2.12. The van der Waals surface area contributed by atoms with Crippen molar-refractivity contribution in [2.24, 2.45) is 5.73 Å².